The van der Waals surface area contributed by atoms with E-state index in [4.69, 9.17) is 0 Å². The van der Waals surface area contributed by atoms with Gasteiger partial charge in [-0.25, -0.2) is 0 Å². The Morgan fingerprint density at radius 3 is 2.53 bits per heavy atom. The molecule has 3 rings (SSSR count). The molecule has 5 nitrogen and oxygen atoms in total. The van der Waals surface area contributed by atoms with E-state index < -0.39 is 16.3 Å². The fourth-order valence-corrected chi connectivity index (χ4v) is 4.56. The van der Waals surface area contributed by atoms with E-state index in [2.05, 4.69) is 0 Å². The number of nitrogens with zero attached hydrogens (tertiary/aromatic N) is 2. The van der Waals surface area contributed by atoms with Crippen LogP contribution in [0.2, 0.25) is 0 Å². The number of anilines is 1. The molecule has 0 spiro atoms. The number of aliphatic hydroxyl groups is 1. The maximum atomic E-state index is 12.6. The summed E-state index contributed by atoms with van der Waals surface area (Å²) in [6.07, 6.45) is 1.74. The summed E-state index contributed by atoms with van der Waals surface area (Å²) < 4.78 is 28.2. The largest absolute Gasteiger partial charge is 0.388 e. The van der Waals surface area contributed by atoms with Crippen molar-refractivity contribution in [1.82, 2.24) is 4.31 Å². The van der Waals surface area contributed by atoms with Crippen LogP contribution in [0, 0.1) is 0 Å². The van der Waals surface area contributed by atoms with E-state index in [1.807, 2.05) is 12.1 Å². The van der Waals surface area contributed by atoms with E-state index in [9.17, 15) is 13.5 Å². The zero-order chi connectivity index (χ0) is 13.5. The third kappa shape index (κ3) is 2.13. The summed E-state index contributed by atoms with van der Waals surface area (Å²) in [6, 6.07) is 7.20. The Morgan fingerprint density at radius 1 is 1.11 bits per heavy atom. The van der Waals surface area contributed by atoms with Crippen molar-refractivity contribution in [2.24, 2.45) is 0 Å². The standard InChI is InChI=1S/C13H18N2O3S/c16-13-7-10-15(12-6-2-1-5-11(12)13)19(17,18)14-8-3-4-9-14/h1-2,5-6,13,16H,3-4,7-10H2. The average molecular weight is 282 g/mol. The average Bonchev–Trinajstić information content (AvgIpc) is 2.94. The monoisotopic (exact) mass is 282 g/mol. The van der Waals surface area contributed by atoms with Gasteiger partial charge in [0.2, 0.25) is 0 Å². The molecule has 1 aromatic carbocycles. The molecule has 1 aromatic rings. The van der Waals surface area contributed by atoms with Gasteiger partial charge in [-0.1, -0.05) is 18.2 Å². The van der Waals surface area contributed by atoms with Gasteiger partial charge in [0.25, 0.3) is 0 Å². The molecule has 1 unspecified atom stereocenters. The van der Waals surface area contributed by atoms with Crippen molar-refractivity contribution in [3.8, 4) is 0 Å². The van der Waals surface area contributed by atoms with Gasteiger partial charge >= 0.3 is 10.2 Å². The quantitative estimate of drug-likeness (QED) is 0.888. The first kappa shape index (κ1) is 12.9. The van der Waals surface area contributed by atoms with Crippen molar-refractivity contribution in [3.63, 3.8) is 0 Å². The fourth-order valence-electron chi connectivity index (χ4n) is 2.81. The van der Waals surface area contributed by atoms with Crippen LogP contribution in [0.25, 0.3) is 0 Å². The topological polar surface area (TPSA) is 60.9 Å². The van der Waals surface area contributed by atoms with Crippen molar-refractivity contribution in [3.05, 3.63) is 29.8 Å². The lowest BCUT2D eigenvalue weighted by molar-refractivity contribution is 0.166. The smallest absolute Gasteiger partial charge is 0.304 e. The Hall–Kier alpha value is -1.11. The van der Waals surface area contributed by atoms with Crippen LogP contribution in [-0.2, 0) is 10.2 Å². The minimum absolute atomic E-state index is 0.344. The van der Waals surface area contributed by atoms with Crippen LogP contribution >= 0.6 is 0 Å². The lowest BCUT2D eigenvalue weighted by Gasteiger charge is -2.35. The molecular formula is C13H18N2O3S. The Balaban J connectivity index is 2.00. The molecule has 104 valence electrons. The van der Waals surface area contributed by atoms with Crippen molar-refractivity contribution in [1.29, 1.82) is 0 Å². The minimum Gasteiger partial charge on any atom is -0.388 e. The summed E-state index contributed by atoms with van der Waals surface area (Å²) >= 11 is 0. The summed E-state index contributed by atoms with van der Waals surface area (Å²) in [5.41, 5.74) is 1.32. The molecule has 0 bridgehead atoms. The van der Waals surface area contributed by atoms with Gasteiger partial charge in [-0.2, -0.15) is 12.7 Å². The van der Waals surface area contributed by atoms with Gasteiger partial charge in [-0.15, -0.1) is 0 Å². The van der Waals surface area contributed by atoms with Crippen LogP contribution in [0.1, 0.15) is 30.9 Å². The first-order chi connectivity index (χ1) is 9.10. The first-order valence-electron chi connectivity index (χ1n) is 6.65. The second kappa shape index (κ2) is 4.77. The molecule has 0 saturated carbocycles. The SMILES string of the molecule is O=S(=O)(N1CCCC1)N1CCC(O)c2ccccc21. The Kier molecular flexibility index (Phi) is 3.24. The molecule has 2 aliphatic rings. The summed E-state index contributed by atoms with van der Waals surface area (Å²) in [5, 5.41) is 9.98. The summed E-state index contributed by atoms with van der Waals surface area (Å²) in [4.78, 5) is 0. The Bertz CT molecular complexity index is 567. The van der Waals surface area contributed by atoms with Gasteiger partial charge in [0.15, 0.2) is 0 Å². The molecule has 1 N–H and O–H groups in total. The highest BCUT2D eigenvalue weighted by Gasteiger charge is 2.36. The number of hydrogen-bond acceptors (Lipinski definition) is 3. The molecule has 0 amide bonds. The first-order valence-corrected chi connectivity index (χ1v) is 8.05. The number of fused-ring (bicyclic) bond motifs is 1. The molecule has 1 atom stereocenters. The van der Waals surface area contributed by atoms with Crippen molar-refractivity contribution in [2.75, 3.05) is 23.9 Å². The maximum Gasteiger partial charge on any atom is 0.304 e. The van der Waals surface area contributed by atoms with Crippen LogP contribution < -0.4 is 4.31 Å². The van der Waals surface area contributed by atoms with Crippen LogP contribution in [0.4, 0.5) is 5.69 Å². The normalized spacial score (nSPS) is 24.5. The van der Waals surface area contributed by atoms with Crippen molar-refractivity contribution >= 4 is 15.9 Å². The Morgan fingerprint density at radius 2 is 1.79 bits per heavy atom. The zero-order valence-electron chi connectivity index (χ0n) is 10.7. The Labute approximate surface area is 113 Å². The number of para-hydroxylation sites is 1. The van der Waals surface area contributed by atoms with Gasteiger partial charge in [-0.05, 0) is 25.3 Å². The summed E-state index contributed by atoms with van der Waals surface area (Å²) in [7, 11) is -3.44. The van der Waals surface area contributed by atoms with Gasteiger partial charge < -0.3 is 5.11 Å². The molecular weight excluding hydrogens is 264 g/mol. The van der Waals surface area contributed by atoms with Crippen LogP contribution in [0.5, 0.6) is 0 Å². The fraction of sp³-hybridized carbons (Fsp3) is 0.538. The summed E-state index contributed by atoms with van der Waals surface area (Å²) in [5.74, 6) is 0. The van der Waals surface area contributed by atoms with E-state index in [1.165, 1.54) is 4.31 Å². The van der Waals surface area contributed by atoms with E-state index in [1.54, 1.807) is 16.4 Å². The molecule has 0 aliphatic carbocycles. The highest BCUT2D eigenvalue weighted by molar-refractivity contribution is 7.90. The summed E-state index contributed by atoms with van der Waals surface area (Å²) in [6.45, 7) is 1.55. The predicted molar refractivity (Wildman–Crippen MR) is 73.1 cm³/mol. The van der Waals surface area contributed by atoms with Crippen molar-refractivity contribution < 1.29 is 13.5 Å². The molecule has 0 aromatic heterocycles. The van der Waals surface area contributed by atoms with E-state index in [0.717, 1.165) is 12.8 Å². The van der Waals surface area contributed by atoms with Crippen molar-refractivity contribution in [2.45, 2.75) is 25.4 Å². The minimum atomic E-state index is -3.44. The van der Waals surface area contributed by atoms with Gasteiger partial charge in [0.1, 0.15) is 0 Å². The zero-order valence-corrected chi connectivity index (χ0v) is 11.5. The lowest BCUT2D eigenvalue weighted by Crippen LogP contribution is -2.45. The second-order valence-corrected chi connectivity index (χ2v) is 6.90. The maximum absolute atomic E-state index is 12.6. The lowest BCUT2D eigenvalue weighted by atomic mass is 10.0. The molecule has 2 heterocycles. The molecule has 6 heteroatoms. The molecule has 0 radical (unpaired) electrons. The number of hydrogen-bond donors (Lipinski definition) is 1. The number of rotatable bonds is 2. The predicted octanol–water partition coefficient (Wildman–Crippen LogP) is 1.27. The van der Waals surface area contributed by atoms with E-state index >= 15 is 0 Å². The van der Waals surface area contributed by atoms with Crippen LogP contribution in [-0.4, -0.2) is 37.5 Å². The molecule has 19 heavy (non-hydrogen) atoms. The number of benzene rings is 1. The third-order valence-electron chi connectivity index (χ3n) is 3.84. The number of aliphatic hydroxyl groups excluding tert-OH is 1. The van der Waals surface area contributed by atoms with E-state index in [0.29, 0.717) is 37.3 Å². The highest BCUT2D eigenvalue weighted by atomic mass is 32.2. The third-order valence-corrected chi connectivity index (χ3v) is 5.79. The highest BCUT2D eigenvalue weighted by Crippen LogP contribution is 2.36. The van der Waals surface area contributed by atoms with Crippen LogP contribution in [0.15, 0.2) is 24.3 Å². The van der Waals surface area contributed by atoms with Gasteiger partial charge in [0.05, 0.1) is 11.8 Å². The molecule has 2 aliphatic heterocycles. The van der Waals surface area contributed by atoms with Gasteiger partial charge in [0, 0.05) is 25.2 Å². The van der Waals surface area contributed by atoms with Gasteiger partial charge in [-0.3, -0.25) is 4.31 Å². The second-order valence-electron chi connectivity index (χ2n) is 5.05. The molecule has 1 fully saturated rings. The molecule has 1 saturated heterocycles. The van der Waals surface area contributed by atoms with E-state index in [-0.39, 0.29) is 0 Å². The van der Waals surface area contributed by atoms with Crippen LogP contribution in [0.3, 0.4) is 0 Å².